The van der Waals surface area contributed by atoms with Crippen LogP contribution < -0.4 is 9.64 Å². The first kappa shape index (κ1) is 19.1. The maximum absolute atomic E-state index is 12.6. The number of carbonyl (C=O) groups is 1. The van der Waals surface area contributed by atoms with Crippen LogP contribution in [0.5, 0.6) is 5.88 Å². The Morgan fingerprint density at radius 1 is 1.14 bits per heavy atom. The minimum absolute atomic E-state index is 0.135. The first-order valence-electron chi connectivity index (χ1n) is 9.34. The van der Waals surface area contributed by atoms with Gasteiger partial charge in [-0.2, -0.15) is 4.98 Å². The lowest BCUT2D eigenvalue weighted by Gasteiger charge is -2.27. The number of anilines is 1. The van der Waals surface area contributed by atoms with Crippen LogP contribution in [-0.2, 0) is 4.79 Å². The number of para-hydroxylation sites is 1. The van der Waals surface area contributed by atoms with Crippen molar-refractivity contribution in [3.63, 3.8) is 0 Å². The molecule has 0 unspecified atom stereocenters. The van der Waals surface area contributed by atoms with Gasteiger partial charge in [-0.1, -0.05) is 73.3 Å². The van der Waals surface area contributed by atoms with Crippen LogP contribution in [0.2, 0.25) is 0 Å². The molecule has 1 amide bonds. The van der Waals surface area contributed by atoms with E-state index in [1.807, 2.05) is 73.7 Å². The Balaban J connectivity index is 1.84. The van der Waals surface area contributed by atoms with Crippen LogP contribution in [0.25, 0.3) is 17.3 Å². The van der Waals surface area contributed by atoms with Gasteiger partial charge in [0.05, 0.1) is 5.69 Å². The Kier molecular flexibility index (Phi) is 5.57. The SMILES string of the molecule is CCSc1nnc2c(n1)O[C@H](/C=C/c1ccccc1)N(C(C)=O)c1ccccc1-2. The molecule has 0 saturated carbocycles. The summed E-state index contributed by atoms with van der Waals surface area (Å²) in [6, 6.07) is 17.5. The molecule has 2 aromatic carbocycles. The molecule has 6 nitrogen and oxygen atoms in total. The molecule has 146 valence electrons. The molecule has 4 rings (SSSR count). The predicted molar refractivity (Wildman–Crippen MR) is 115 cm³/mol. The van der Waals surface area contributed by atoms with Crippen LogP contribution in [0.3, 0.4) is 0 Å². The molecule has 3 aromatic rings. The summed E-state index contributed by atoms with van der Waals surface area (Å²) >= 11 is 1.49. The topological polar surface area (TPSA) is 68.2 Å². The summed E-state index contributed by atoms with van der Waals surface area (Å²) in [5.41, 5.74) is 3.03. The lowest BCUT2D eigenvalue weighted by Crippen LogP contribution is -2.41. The number of hydrogen-bond donors (Lipinski definition) is 0. The van der Waals surface area contributed by atoms with Crippen molar-refractivity contribution in [1.82, 2.24) is 15.2 Å². The van der Waals surface area contributed by atoms with Gasteiger partial charge in [0.2, 0.25) is 16.9 Å². The van der Waals surface area contributed by atoms with Crippen molar-refractivity contribution in [3.8, 4) is 17.1 Å². The third-order valence-corrected chi connectivity index (χ3v) is 5.13. The highest BCUT2D eigenvalue weighted by atomic mass is 32.2. The summed E-state index contributed by atoms with van der Waals surface area (Å²) in [7, 11) is 0. The highest BCUT2D eigenvalue weighted by Crippen LogP contribution is 2.39. The second kappa shape index (κ2) is 8.45. The van der Waals surface area contributed by atoms with Crippen molar-refractivity contribution in [2.45, 2.75) is 25.2 Å². The van der Waals surface area contributed by atoms with E-state index in [9.17, 15) is 4.79 Å². The van der Waals surface area contributed by atoms with Gasteiger partial charge in [0.1, 0.15) is 0 Å². The Labute approximate surface area is 173 Å². The first-order chi connectivity index (χ1) is 14.2. The van der Waals surface area contributed by atoms with Crippen LogP contribution in [-0.4, -0.2) is 33.1 Å². The van der Waals surface area contributed by atoms with E-state index >= 15 is 0 Å². The van der Waals surface area contributed by atoms with E-state index in [0.717, 1.165) is 16.9 Å². The molecule has 0 N–H and O–H groups in total. The molecule has 29 heavy (non-hydrogen) atoms. The smallest absolute Gasteiger partial charge is 0.247 e. The van der Waals surface area contributed by atoms with Gasteiger partial charge in [-0.15, -0.1) is 10.2 Å². The zero-order valence-corrected chi connectivity index (χ0v) is 17.0. The average molecular weight is 404 g/mol. The fourth-order valence-electron chi connectivity index (χ4n) is 3.16. The standard InChI is InChI=1S/C22H20N4O2S/c1-3-29-22-23-21-20(24-25-22)17-11-7-8-12-18(17)26(15(2)27)19(28-21)14-13-16-9-5-4-6-10-16/h4-14,19H,3H2,1-2H3/b14-13+/t19-/m1/s1. The number of carbonyl (C=O) groups excluding carboxylic acids is 1. The van der Waals surface area contributed by atoms with Crippen molar-refractivity contribution in [1.29, 1.82) is 0 Å². The number of rotatable bonds is 4. The predicted octanol–water partition coefficient (Wildman–Crippen LogP) is 4.44. The van der Waals surface area contributed by atoms with Crippen LogP contribution in [0, 0.1) is 0 Å². The van der Waals surface area contributed by atoms with Crippen molar-refractivity contribution in [2.24, 2.45) is 0 Å². The number of nitrogens with zero attached hydrogens (tertiary/aromatic N) is 4. The molecular formula is C22H20N4O2S. The summed E-state index contributed by atoms with van der Waals surface area (Å²) in [6.45, 7) is 3.55. The highest BCUT2D eigenvalue weighted by Gasteiger charge is 2.32. The summed E-state index contributed by atoms with van der Waals surface area (Å²) in [5, 5.41) is 9.12. The molecule has 1 aromatic heterocycles. The van der Waals surface area contributed by atoms with Crippen molar-refractivity contribution >= 4 is 29.4 Å². The molecule has 0 fully saturated rings. The molecule has 0 spiro atoms. The van der Waals surface area contributed by atoms with Gasteiger partial charge in [0, 0.05) is 12.5 Å². The van der Waals surface area contributed by atoms with Gasteiger partial charge < -0.3 is 4.74 Å². The van der Waals surface area contributed by atoms with E-state index in [0.29, 0.717) is 22.4 Å². The third kappa shape index (κ3) is 4.00. The zero-order valence-electron chi connectivity index (χ0n) is 16.1. The van der Waals surface area contributed by atoms with Gasteiger partial charge in [-0.05, 0) is 23.5 Å². The lowest BCUT2D eigenvalue weighted by molar-refractivity contribution is -0.117. The van der Waals surface area contributed by atoms with Gasteiger partial charge in [0.25, 0.3) is 0 Å². The molecule has 1 aliphatic heterocycles. The van der Waals surface area contributed by atoms with Gasteiger partial charge in [0.15, 0.2) is 11.9 Å². The molecule has 0 bridgehead atoms. The van der Waals surface area contributed by atoms with Gasteiger partial charge >= 0.3 is 0 Å². The summed E-state index contributed by atoms with van der Waals surface area (Å²) in [5.74, 6) is 1.06. The largest absolute Gasteiger partial charge is 0.448 e. The first-order valence-corrected chi connectivity index (χ1v) is 10.3. The number of aromatic nitrogens is 3. The van der Waals surface area contributed by atoms with Crippen molar-refractivity contribution in [2.75, 3.05) is 10.7 Å². The summed E-state index contributed by atoms with van der Waals surface area (Å²) < 4.78 is 6.21. The fourth-order valence-corrected chi connectivity index (χ4v) is 3.66. The van der Waals surface area contributed by atoms with Crippen LogP contribution in [0.15, 0.2) is 65.8 Å². The van der Waals surface area contributed by atoms with E-state index in [-0.39, 0.29) is 5.91 Å². The van der Waals surface area contributed by atoms with Crippen LogP contribution in [0.4, 0.5) is 5.69 Å². The Morgan fingerprint density at radius 2 is 1.90 bits per heavy atom. The minimum atomic E-state index is -0.661. The number of amides is 1. The number of thioether (sulfide) groups is 1. The molecule has 1 aliphatic rings. The van der Waals surface area contributed by atoms with E-state index in [2.05, 4.69) is 15.2 Å². The molecule has 0 saturated heterocycles. The Bertz CT molecular complexity index is 1060. The third-order valence-electron chi connectivity index (χ3n) is 4.41. The van der Waals surface area contributed by atoms with E-state index in [1.165, 1.54) is 18.7 Å². The molecule has 1 atom stereocenters. The number of benzene rings is 2. The quantitative estimate of drug-likeness (QED) is 0.599. The van der Waals surface area contributed by atoms with Crippen molar-refractivity contribution in [3.05, 3.63) is 66.2 Å². The van der Waals surface area contributed by atoms with E-state index in [4.69, 9.17) is 4.74 Å². The lowest BCUT2D eigenvalue weighted by atomic mass is 10.1. The molecule has 0 radical (unpaired) electrons. The molecule has 7 heteroatoms. The Morgan fingerprint density at radius 3 is 2.66 bits per heavy atom. The van der Waals surface area contributed by atoms with Gasteiger partial charge in [-0.3, -0.25) is 9.69 Å². The normalized spacial score (nSPS) is 15.4. The second-order valence-electron chi connectivity index (χ2n) is 6.37. The highest BCUT2D eigenvalue weighted by molar-refractivity contribution is 7.99. The van der Waals surface area contributed by atoms with Crippen LogP contribution in [0.1, 0.15) is 19.4 Å². The number of hydrogen-bond acceptors (Lipinski definition) is 6. The van der Waals surface area contributed by atoms with E-state index in [1.54, 1.807) is 4.90 Å². The number of ether oxygens (including phenoxy) is 1. The zero-order chi connectivity index (χ0) is 20.2. The second-order valence-corrected chi connectivity index (χ2v) is 7.60. The monoisotopic (exact) mass is 404 g/mol. The average Bonchev–Trinajstić information content (AvgIpc) is 2.87. The molecule has 0 aliphatic carbocycles. The van der Waals surface area contributed by atoms with Crippen molar-refractivity contribution < 1.29 is 9.53 Å². The Hall–Kier alpha value is -3.19. The molecular weight excluding hydrogens is 384 g/mol. The van der Waals surface area contributed by atoms with Crippen LogP contribution >= 0.6 is 11.8 Å². The summed E-state index contributed by atoms with van der Waals surface area (Å²) in [6.07, 6.45) is 3.13. The maximum Gasteiger partial charge on any atom is 0.247 e. The fraction of sp³-hybridized carbons (Fsp3) is 0.182. The minimum Gasteiger partial charge on any atom is -0.448 e. The maximum atomic E-state index is 12.6. The van der Waals surface area contributed by atoms with Gasteiger partial charge in [-0.25, -0.2) is 0 Å². The van der Waals surface area contributed by atoms with E-state index < -0.39 is 6.23 Å². The molecule has 2 heterocycles. The summed E-state index contributed by atoms with van der Waals surface area (Å²) in [4.78, 5) is 18.8. The number of fused-ring (bicyclic) bond motifs is 3.